The molecule has 0 aromatic carbocycles. The average molecular weight is 173 g/mol. The number of likely N-dealkylation sites (tertiary alicyclic amines) is 1. The fourth-order valence-corrected chi connectivity index (χ4v) is 1.25. The van der Waals surface area contributed by atoms with Crippen molar-refractivity contribution in [2.75, 3.05) is 26.3 Å². The van der Waals surface area contributed by atoms with Crippen molar-refractivity contribution in [2.24, 2.45) is 0 Å². The van der Waals surface area contributed by atoms with Gasteiger partial charge in [0, 0.05) is 19.7 Å². The number of rotatable bonds is 3. The normalized spacial score (nSPS) is 23.2. The molecule has 0 aliphatic carbocycles. The summed E-state index contributed by atoms with van der Waals surface area (Å²) in [5.74, 6) is -0.0200. The molecule has 4 heteroatoms. The van der Waals surface area contributed by atoms with E-state index in [2.05, 4.69) is 0 Å². The van der Waals surface area contributed by atoms with E-state index in [4.69, 9.17) is 9.84 Å². The lowest BCUT2D eigenvalue weighted by Crippen LogP contribution is -2.32. The summed E-state index contributed by atoms with van der Waals surface area (Å²) in [5, 5.41) is 9.14. The summed E-state index contributed by atoms with van der Waals surface area (Å²) in [6.07, 6.45) is 0.355. The summed E-state index contributed by atoms with van der Waals surface area (Å²) < 4.78 is 4.97. The number of ether oxygens (including phenoxy) is 1. The third-order valence-electron chi connectivity index (χ3n) is 1.95. The number of aliphatic hydroxyl groups excluding tert-OH is 1. The zero-order valence-corrected chi connectivity index (χ0v) is 7.32. The van der Waals surface area contributed by atoms with Crippen LogP contribution >= 0.6 is 0 Å². The van der Waals surface area contributed by atoms with Gasteiger partial charge in [-0.25, -0.2) is 0 Å². The molecule has 1 aliphatic rings. The van der Waals surface area contributed by atoms with Crippen molar-refractivity contribution in [3.63, 3.8) is 0 Å². The van der Waals surface area contributed by atoms with E-state index in [9.17, 15) is 4.79 Å². The summed E-state index contributed by atoms with van der Waals surface area (Å²) in [6.45, 7) is 3.68. The molecule has 70 valence electrons. The zero-order valence-electron chi connectivity index (χ0n) is 7.32. The Morgan fingerprint density at radius 2 is 2.50 bits per heavy atom. The van der Waals surface area contributed by atoms with Crippen molar-refractivity contribution in [1.82, 2.24) is 4.90 Å². The Bertz CT molecular complexity index is 160. The predicted molar refractivity (Wildman–Crippen MR) is 43.7 cm³/mol. The second kappa shape index (κ2) is 4.42. The third-order valence-corrected chi connectivity index (χ3v) is 1.95. The number of carbonyl (C=O) groups is 1. The molecule has 1 unspecified atom stereocenters. The molecule has 1 amide bonds. The van der Waals surface area contributed by atoms with Gasteiger partial charge < -0.3 is 14.7 Å². The molecule has 0 bridgehead atoms. The van der Waals surface area contributed by atoms with Crippen LogP contribution in [0.25, 0.3) is 0 Å². The van der Waals surface area contributed by atoms with Crippen LogP contribution in [0.2, 0.25) is 0 Å². The Morgan fingerprint density at radius 1 is 1.75 bits per heavy atom. The minimum Gasteiger partial charge on any atom is -0.391 e. The van der Waals surface area contributed by atoms with Crippen molar-refractivity contribution in [2.45, 2.75) is 19.4 Å². The topological polar surface area (TPSA) is 49.8 Å². The smallest absolute Gasteiger partial charge is 0.248 e. The Balaban J connectivity index is 2.23. The molecule has 0 radical (unpaired) electrons. The summed E-state index contributed by atoms with van der Waals surface area (Å²) >= 11 is 0. The molecule has 1 rings (SSSR count). The van der Waals surface area contributed by atoms with E-state index in [1.165, 1.54) is 0 Å². The lowest BCUT2D eigenvalue weighted by atomic mass is 10.3. The van der Waals surface area contributed by atoms with Gasteiger partial charge in [-0.1, -0.05) is 0 Å². The second-order valence-corrected chi connectivity index (χ2v) is 2.92. The Kier molecular flexibility index (Phi) is 3.49. The van der Waals surface area contributed by atoms with E-state index in [1.807, 2.05) is 6.92 Å². The standard InChI is InChI=1S/C8H15NO3/c1-2-12-6-8(11)9-4-3-7(10)5-9/h7,10H,2-6H2,1H3. The molecule has 0 aromatic heterocycles. The lowest BCUT2D eigenvalue weighted by molar-refractivity contribution is -0.135. The Morgan fingerprint density at radius 3 is 3.00 bits per heavy atom. The fraction of sp³-hybridized carbons (Fsp3) is 0.875. The number of hydrogen-bond acceptors (Lipinski definition) is 3. The molecule has 12 heavy (non-hydrogen) atoms. The molecular formula is C8H15NO3. The first-order chi connectivity index (χ1) is 5.74. The van der Waals surface area contributed by atoms with E-state index < -0.39 is 0 Å². The largest absolute Gasteiger partial charge is 0.391 e. The summed E-state index contributed by atoms with van der Waals surface area (Å²) in [7, 11) is 0. The van der Waals surface area contributed by atoms with E-state index in [-0.39, 0.29) is 18.6 Å². The van der Waals surface area contributed by atoms with E-state index in [0.29, 0.717) is 26.1 Å². The summed E-state index contributed by atoms with van der Waals surface area (Å²) in [6, 6.07) is 0. The Hall–Kier alpha value is -0.610. The van der Waals surface area contributed by atoms with Crippen molar-refractivity contribution in [3.05, 3.63) is 0 Å². The molecule has 1 aliphatic heterocycles. The second-order valence-electron chi connectivity index (χ2n) is 2.92. The molecule has 1 heterocycles. The summed E-state index contributed by atoms with van der Waals surface area (Å²) in [4.78, 5) is 12.9. The van der Waals surface area contributed by atoms with Crippen LogP contribution < -0.4 is 0 Å². The SMILES string of the molecule is CCOCC(=O)N1CCC(O)C1. The quantitative estimate of drug-likeness (QED) is 0.632. The number of β-amino-alcohol motifs (C(OH)–C–C–N with tert-alkyl or cyclic N) is 1. The number of nitrogens with zero attached hydrogens (tertiary/aromatic N) is 1. The first-order valence-electron chi connectivity index (χ1n) is 4.27. The molecule has 1 saturated heterocycles. The summed E-state index contributed by atoms with van der Waals surface area (Å²) in [5.41, 5.74) is 0. The number of amides is 1. The van der Waals surface area contributed by atoms with Crippen LogP contribution in [0.3, 0.4) is 0 Å². The lowest BCUT2D eigenvalue weighted by Gasteiger charge is -2.14. The van der Waals surface area contributed by atoms with Crippen LogP contribution in [0.1, 0.15) is 13.3 Å². The van der Waals surface area contributed by atoms with Crippen LogP contribution in [0.5, 0.6) is 0 Å². The van der Waals surface area contributed by atoms with Gasteiger partial charge in [0.2, 0.25) is 5.91 Å². The van der Waals surface area contributed by atoms with Gasteiger partial charge in [0.25, 0.3) is 0 Å². The van der Waals surface area contributed by atoms with Gasteiger partial charge in [-0.05, 0) is 13.3 Å². The van der Waals surface area contributed by atoms with Gasteiger partial charge in [0.05, 0.1) is 6.10 Å². The number of aliphatic hydroxyl groups is 1. The minimum absolute atomic E-state index is 0.0200. The molecule has 1 N–H and O–H groups in total. The molecule has 0 saturated carbocycles. The van der Waals surface area contributed by atoms with Crippen molar-refractivity contribution < 1.29 is 14.6 Å². The minimum atomic E-state index is -0.337. The maximum Gasteiger partial charge on any atom is 0.248 e. The van der Waals surface area contributed by atoms with Gasteiger partial charge >= 0.3 is 0 Å². The van der Waals surface area contributed by atoms with Gasteiger partial charge in [0.1, 0.15) is 6.61 Å². The van der Waals surface area contributed by atoms with Gasteiger partial charge in [-0.3, -0.25) is 4.79 Å². The third kappa shape index (κ3) is 2.46. The van der Waals surface area contributed by atoms with Crippen LogP contribution in [0.15, 0.2) is 0 Å². The number of carbonyl (C=O) groups excluding carboxylic acids is 1. The van der Waals surface area contributed by atoms with E-state index in [0.717, 1.165) is 0 Å². The highest BCUT2D eigenvalue weighted by Crippen LogP contribution is 2.08. The van der Waals surface area contributed by atoms with Gasteiger partial charge in [-0.15, -0.1) is 0 Å². The molecule has 4 nitrogen and oxygen atoms in total. The fourth-order valence-electron chi connectivity index (χ4n) is 1.25. The Labute approximate surface area is 72.1 Å². The highest BCUT2D eigenvalue weighted by atomic mass is 16.5. The zero-order chi connectivity index (χ0) is 8.97. The maximum absolute atomic E-state index is 11.2. The first-order valence-corrected chi connectivity index (χ1v) is 4.27. The number of hydrogen-bond donors (Lipinski definition) is 1. The molecule has 0 spiro atoms. The highest BCUT2D eigenvalue weighted by molar-refractivity contribution is 5.77. The molecule has 0 aromatic rings. The maximum atomic E-state index is 11.2. The van der Waals surface area contributed by atoms with Crippen molar-refractivity contribution >= 4 is 5.91 Å². The van der Waals surface area contributed by atoms with Crippen molar-refractivity contribution in [1.29, 1.82) is 0 Å². The van der Waals surface area contributed by atoms with E-state index in [1.54, 1.807) is 4.90 Å². The van der Waals surface area contributed by atoms with E-state index >= 15 is 0 Å². The van der Waals surface area contributed by atoms with Crippen LogP contribution in [0, 0.1) is 0 Å². The monoisotopic (exact) mass is 173 g/mol. The van der Waals surface area contributed by atoms with Crippen LogP contribution in [0.4, 0.5) is 0 Å². The first kappa shape index (κ1) is 9.48. The van der Waals surface area contributed by atoms with Crippen molar-refractivity contribution in [3.8, 4) is 0 Å². The predicted octanol–water partition coefficient (Wildman–Crippen LogP) is -0.384. The molecule has 1 fully saturated rings. The van der Waals surface area contributed by atoms with Crippen LogP contribution in [-0.4, -0.2) is 48.3 Å². The molecular weight excluding hydrogens is 158 g/mol. The molecule has 1 atom stereocenters. The highest BCUT2D eigenvalue weighted by Gasteiger charge is 2.23. The van der Waals surface area contributed by atoms with Gasteiger partial charge in [0.15, 0.2) is 0 Å². The van der Waals surface area contributed by atoms with Gasteiger partial charge in [-0.2, -0.15) is 0 Å². The average Bonchev–Trinajstić information content (AvgIpc) is 2.47. The van der Waals surface area contributed by atoms with Crippen LogP contribution in [-0.2, 0) is 9.53 Å².